The van der Waals surface area contributed by atoms with Crippen LogP contribution in [0, 0.1) is 11.3 Å². The molecule has 0 aliphatic heterocycles. The average molecular weight is 253 g/mol. The van der Waals surface area contributed by atoms with Crippen LogP contribution < -0.4 is 11.1 Å². The number of pyridine rings is 1. The molecule has 0 aliphatic rings. The van der Waals surface area contributed by atoms with Gasteiger partial charge in [0.2, 0.25) is 0 Å². The first-order chi connectivity index (χ1) is 8.12. The summed E-state index contributed by atoms with van der Waals surface area (Å²) in [6, 6.07) is 3.63. The highest BCUT2D eigenvalue weighted by Crippen LogP contribution is 2.27. The number of nitrogens with two attached hydrogens (primary N) is 1. The predicted octanol–water partition coefficient (Wildman–Crippen LogP) is 2.54. The maximum absolute atomic E-state index is 8.90. The number of hydrogen-bond acceptors (Lipinski definition) is 4. The first-order valence-electron chi connectivity index (χ1n) is 5.65. The topological polar surface area (TPSA) is 74.7 Å². The molecule has 0 bridgehead atoms. The summed E-state index contributed by atoms with van der Waals surface area (Å²) >= 11 is 6.10. The van der Waals surface area contributed by atoms with Crippen LogP contribution in [0.25, 0.3) is 0 Å². The van der Waals surface area contributed by atoms with Crippen LogP contribution in [0.2, 0.25) is 5.02 Å². The van der Waals surface area contributed by atoms with E-state index in [-0.39, 0.29) is 5.54 Å². The normalized spacial score (nSPS) is 11.0. The molecular formula is C12H17ClN4. The number of rotatable bonds is 5. The van der Waals surface area contributed by atoms with Gasteiger partial charge in [-0.25, -0.2) is 4.98 Å². The lowest BCUT2D eigenvalue weighted by Gasteiger charge is -2.32. The lowest BCUT2D eigenvalue weighted by molar-refractivity contribution is 0.444. The second kappa shape index (κ2) is 5.85. The van der Waals surface area contributed by atoms with Crippen molar-refractivity contribution in [3.8, 4) is 6.07 Å². The number of halogens is 1. The summed E-state index contributed by atoms with van der Waals surface area (Å²) in [6.45, 7) is 4.62. The molecule has 0 saturated carbocycles. The molecular weight excluding hydrogens is 236 g/mol. The van der Waals surface area contributed by atoms with Gasteiger partial charge in [-0.15, -0.1) is 0 Å². The van der Waals surface area contributed by atoms with E-state index in [1.807, 2.05) is 6.07 Å². The molecule has 1 aromatic rings. The smallest absolute Gasteiger partial charge is 0.146 e. The lowest BCUT2D eigenvalue weighted by Crippen LogP contribution is -2.44. The van der Waals surface area contributed by atoms with Crippen LogP contribution in [0.3, 0.4) is 0 Å². The van der Waals surface area contributed by atoms with Crippen LogP contribution in [-0.4, -0.2) is 17.1 Å². The number of hydrogen-bond donors (Lipinski definition) is 2. The molecule has 0 aliphatic carbocycles. The fraction of sp³-hybridized carbons (Fsp3) is 0.500. The van der Waals surface area contributed by atoms with Gasteiger partial charge in [-0.05, 0) is 18.9 Å². The molecule has 1 heterocycles. The van der Waals surface area contributed by atoms with Gasteiger partial charge in [0.15, 0.2) is 0 Å². The zero-order valence-corrected chi connectivity index (χ0v) is 10.9. The van der Waals surface area contributed by atoms with Gasteiger partial charge < -0.3 is 11.1 Å². The van der Waals surface area contributed by atoms with Gasteiger partial charge in [0.25, 0.3) is 0 Å². The van der Waals surface area contributed by atoms with Crippen molar-refractivity contribution in [3.63, 3.8) is 0 Å². The molecule has 92 valence electrons. The van der Waals surface area contributed by atoms with Crippen molar-refractivity contribution < 1.29 is 0 Å². The zero-order chi connectivity index (χ0) is 12.9. The molecule has 0 atom stereocenters. The van der Waals surface area contributed by atoms with Crippen molar-refractivity contribution >= 4 is 17.4 Å². The number of aromatic nitrogens is 1. The lowest BCUT2D eigenvalue weighted by atomic mass is 9.93. The fourth-order valence-corrected chi connectivity index (χ4v) is 1.84. The Morgan fingerprint density at radius 3 is 2.65 bits per heavy atom. The van der Waals surface area contributed by atoms with Gasteiger partial charge >= 0.3 is 0 Å². The van der Waals surface area contributed by atoms with E-state index in [4.69, 9.17) is 22.6 Å². The number of nitrogens with zero attached hydrogens (tertiary/aromatic N) is 2. The zero-order valence-electron chi connectivity index (χ0n) is 10.1. The van der Waals surface area contributed by atoms with E-state index in [2.05, 4.69) is 24.1 Å². The minimum atomic E-state index is -0.218. The summed E-state index contributed by atoms with van der Waals surface area (Å²) in [6.07, 6.45) is 3.31. The Balaban J connectivity index is 3.07. The minimum absolute atomic E-state index is 0.218. The Hall–Kier alpha value is -1.31. The van der Waals surface area contributed by atoms with Crippen molar-refractivity contribution in [2.45, 2.75) is 32.2 Å². The van der Waals surface area contributed by atoms with E-state index in [1.54, 1.807) is 12.3 Å². The van der Waals surface area contributed by atoms with Crippen molar-refractivity contribution in [1.82, 2.24) is 4.98 Å². The Labute approximate surface area is 107 Å². The fourth-order valence-electron chi connectivity index (χ4n) is 1.63. The molecule has 5 heteroatoms. The maximum Gasteiger partial charge on any atom is 0.146 e. The van der Waals surface area contributed by atoms with Crippen LogP contribution in [0.15, 0.2) is 12.3 Å². The van der Waals surface area contributed by atoms with Gasteiger partial charge in [0.1, 0.15) is 16.9 Å². The summed E-state index contributed by atoms with van der Waals surface area (Å²) in [7, 11) is 0. The Morgan fingerprint density at radius 2 is 2.18 bits per heavy atom. The van der Waals surface area contributed by atoms with Crippen LogP contribution in [0.4, 0.5) is 5.82 Å². The first-order valence-corrected chi connectivity index (χ1v) is 6.03. The molecule has 1 aromatic heterocycles. The molecule has 0 amide bonds. The molecule has 1 rings (SSSR count). The number of nitriles is 1. The summed E-state index contributed by atoms with van der Waals surface area (Å²) in [5.74, 6) is 0.528. The highest BCUT2D eigenvalue weighted by molar-refractivity contribution is 6.34. The molecule has 0 radical (unpaired) electrons. The van der Waals surface area contributed by atoms with E-state index in [1.165, 1.54) is 0 Å². The van der Waals surface area contributed by atoms with Crippen molar-refractivity contribution in [1.29, 1.82) is 5.26 Å². The van der Waals surface area contributed by atoms with Crippen molar-refractivity contribution in [2.24, 2.45) is 5.73 Å². The third-order valence-corrected chi connectivity index (χ3v) is 3.52. The number of anilines is 1. The molecule has 0 aromatic carbocycles. The third kappa shape index (κ3) is 2.87. The monoisotopic (exact) mass is 252 g/mol. The van der Waals surface area contributed by atoms with Crippen molar-refractivity contribution in [2.75, 3.05) is 11.9 Å². The van der Waals surface area contributed by atoms with Gasteiger partial charge in [-0.1, -0.05) is 25.4 Å². The van der Waals surface area contributed by atoms with E-state index >= 15 is 0 Å². The number of nitrogens with one attached hydrogen (secondary N) is 1. The Kier molecular flexibility index (Phi) is 4.73. The van der Waals surface area contributed by atoms with Gasteiger partial charge in [0, 0.05) is 12.7 Å². The predicted molar refractivity (Wildman–Crippen MR) is 70.0 cm³/mol. The molecule has 4 nitrogen and oxygen atoms in total. The molecule has 0 spiro atoms. The average Bonchev–Trinajstić information content (AvgIpc) is 2.38. The largest absolute Gasteiger partial charge is 0.362 e. The first kappa shape index (κ1) is 13.8. The second-order valence-electron chi connectivity index (χ2n) is 3.95. The molecule has 0 unspecified atom stereocenters. The molecule has 3 N–H and O–H groups in total. The van der Waals surface area contributed by atoms with E-state index in [0.717, 1.165) is 12.8 Å². The van der Waals surface area contributed by atoms with Crippen molar-refractivity contribution in [3.05, 3.63) is 22.8 Å². The molecule has 0 saturated heterocycles. The second-order valence-corrected chi connectivity index (χ2v) is 4.33. The van der Waals surface area contributed by atoms with Crippen LogP contribution in [-0.2, 0) is 0 Å². The van der Waals surface area contributed by atoms with E-state index in [0.29, 0.717) is 22.9 Å². The quantitative estimate of drug-likeness (QED) is 0.845. The summed E-state index contributed by atoms with van der Waals surface area (Å²) in [4.78, 5) is 4.17. The van der Waals surface area contributed by atoms with Gasteiger partial charge in [-0.3, -0.25) is 0 Å². The van der Waals surface area contributed by atoms with E-state index in [9.17, 15) is 0 Å². The third-order valence-electron chi connectivity index (χ3n) is 3.14. The molecule has 0 fully saturated rings. The van der Waals surface area contributed by atoms with E-state index < -0.39 is 0 Å². The summed E-state index contributed by atoms with van der Waals surface area (Å²) in [5, 5.41) is 12.5. The Bertz CT molecular complexity index is 413. The SMILES string of the molecule is CCC(CC)(CN)Nc1nccc(C#N)c1Cl. The summed E-state index contributed by atoms with van der Waals surface area (Å²) in [5.41, 5.74) is 6.00. The van der Waals surface area contributed by atoms with Gasteiger partial charge in [-0.2, -0.15) is 5.26 Å². The van der Waals surface area contributed by atoms with Crippen LogP contribution in [0.1, 0.15) is 32.3 Å². The van der Waals surface area contributed by atoms with Crippen LogP contribution in [0.5, 0.6) is 0 Å². The summed E-state index contributed by atoms with van der Waals surface area (Å²) < 4.78 is 0. The Morgan fingerprint density at radius 1 is 1.53 bits per heavy atom. The minimum Gasteiger partial charge on any atom is -0.362 e. The maximum atomic E-state index is 8.90. The molecule has 17 heavy (non-hydrogen) atoms. The van der Waals surface area contributed by atoms with Crippen LogP contribution >= 0.6 is 11.6 Å². The highest BCUT2D eigenvalue weighted by Gasteiger charge is 2.25. The standard InChI is InChI=1S/C12H17ClN4/c1-3-12(4-2,8-15)17-11-10(13)9(7-14)5-6-16-11/h5-6H,3-4,8,15H2,1-2H3,(H,16,17). The highest BCUT2D eigenvalue weighted by atomic mass is 35.5. The van der Waals surface area contributed by atoms with Gasteiger partial charge in [0.05, 0.1) is 11.1 Å².